The zero-order valence-corrected chi connectivity index (χ0v) is 12.9. The molecular weight excluding hydrogens is 294 g/mol. The minimum Gasteiger partial charge on any atom is -0.453 e. The number of sulfonamides is 1. The van der Waals surface area contributed by atoms with Crippen LogP contribution < -0.4 is 5.73 Å². The maximum absolute atomic E-state index is 12.7. The van der Waals surface area contributed by atoms with Gasteiger partial charge in [0.15, 0.2) is 0 Å². The van der Waals surface area contributed by atoms with Gasteiger partial charge in [-0.15, -0.1) is 0 Å². The van der Waals surface area contributed by atoms with E-state index in [-0.39, 0.29) is 23.7 Å². The molecule has 1 fully saturated rings. The van der Waals surface area contributed by atoms with Crippen LogP contribution in [-0.4, -0.2) is 57.0 Å². The summed E-state index contributed by atoms with van der Waals surface area (Å²) in [5, 5.41) is 0. The number of ether oxygens (including phenoxy) is 1. The molecule has 1 saturated heterocycles. The van der Waals surface area contributed by atoms with Gasteiger partial charge in [0.05, 0.1) is 12.8 Å². The number of carbonyl (C=O) groups is 1. The molecule has 0 spiro atoms. The molecule has 0 bridgehead atoms. The average molecular weight is 313 g/mol. The van der Waals surface area contributed by atoms with Gasteiger partial charge >= 0.3 is 6.09 Å². The van der Waals surface area contributed by atoms with Gasteiger partial charge in [-0.05, 0) is 18.6 Å². The van der Waals surface area contributed by atoms with Crippen molar-refractivity contribution in [3.63, 3.8) is 0 Å². The normalized spacial score (nSPS) is 16.8. The van der Waals surface area contributed by atoms with Crippen molar-refractivity contribution in [3.05, 3.63) is 23.8 Å². The Morgan fingerprint density at radius 2 is 1.86 bits per heavy atom. The summed E-state index contributed by atoms with van der Waals surface area (Å²) in [6, 6.07) is 5.01. The fourth-order valence-corrected chi connectivity index (χ4v) is 4.14. The van der Waals surface area contributed by atoms with Crippen molar-refractivity contribution >= 4 is 21.8 Å². The maximum Gasteiger partial charge on any atom is 0.409 e. The van der Waals surface area contributed by atoms with E-state index in [1.165, 1.54) is 16.3 Å². The third-order valence-corrected chi connectivity index (χ3v) is 5.63. The Bertz CT molecular complexity index is 617. The van der Waals surface area contributed by atoms with Crippen molar-refractivity contribution in [2.24, 2.45) is 0 Å². The number of hydrogen-bond donors (Lipinski definition) is 1. The molecule has 0 aliphatic carbocycles. The Balaban J connectivity index is 2.21. The first-order valence-electron chi connectivity index (χ1n) is 6.56. The van der Waals surface area contributed by atoms with Crippen LogP contribution in [0, 0.1) is 6.92 Å². The van der Waals surface area contributed by atoms with Gasteiger partial charge in [0.25, 0.3) is 0 Å². The summed E-state index contributed by atoms with van der Waals surface area (Å²) in [7, 11) is -2.34. The molecule has 0 aromatic heterocycles. The lowest BCUT2D eigenvalue weighted by Gasteiger charge is -2.33. The monoisotopic (exact) mass is 313 g/mol. The average Bonchev–Trinajstić information content (AvgIpc) is 2.46. The molecule has 21 heavy (non-hydrogen) atoms. The van der Waals surface area contributed by atoms with Crippen molar-refractivity contribution in [2.45, 2.75) is 11.8 Å². The number of carbonyl (C=O) groups excluding carboxylic acids is 1. The highest BCUT2D eigenvalue weighted by molar-refractivity contribution is 7.89. The third kappa shape index (κ3) is 2.96. The smallest absolute Gasteiger partial charge is 0.409 e. The van der Waals surface area contributed by atoms with E-state index < -0.39 is 16.1 Å². The van der Waals surface area contributed by atoms with Gasteiger partial charge in [0, 0.05) is 26.2 Å². The molecule has 2 N–H and O–H groups in total. The van der Waals surface area contributed by atoms with Gasteiger partial charge in [-0.3, -0.25) is 0 Å². The number of anilines is 1. The van der Waals surface area contributed by atoms with E-state index >= 15 is 0 Å². The zero-order valence-electron chi connectivity index (χ0n) is 12.1. The van der Waals surface area contributed by atoms with Crippen LogP contribution in [0.4, 0.5) is 10.5 Å². The molecule has 1 aromatic carbocycles. The number of aryl methyl sites for hydroxylation is 1. The second-order valence-electron chi connectivity index (χ2n) is 4.85. The van der Waals surface area contributed by atoms with Crippen molar-refractivity contribution in [1.29, 1.82) is 0 Å². The second kappa shape index (κ2) is 5.90. The van der Waals surface area contributed by atoms with Crippen LogP contribution in [-0.2, 0) is 14.8 Å². The molecule has 0 atom stereocenters. The summed E-state index contributed by atoms with van der Waals surface area (Å²) < 4.78 is 31.4. The Hall–Kier alpha value is -1.80. The number of piperazine rings is 1. The third-order valence-electron chi connectivity index (χ3n) is 3.51. The summed E-state index contributed by atoms with van der Waals surface area (Å²) in [5.41, 5.74) is 6.68. The maximum atomic E-state index is 12.7. The number of methoxy groups -OCH3 is 1. The number of benzene rings is 1. The van der Waals surface area contributed by atoms with Crippen LogP contribution in [0.1, 0.15) is 5.56 Å². The number of nitrogens with two attached hydrogens (primary N) is 1. The summed E-state index contributed by atoms with van der Waals surface area (Å²) in [4.78, 5) is 13.0. The first-order valence-corrected chi connectivity index (χ1v) is 8.00. The molecule has 0 radical (unpaired) electrons. The molecule has 2 rings (SSSR count). The highest BCUT2D eigenvalue weighted by Crippen LogP contribution is 2.26. The lowest BCUT2D eigenvalue weighted by molar-refractivity contribution is 0.108. The van der Waals surface area contributed by atoms with Crippen LogP contribution in [0.5, 0.6) is 0 Å². The first kappa shape index (κ1) is 15.6. The predicted molar refractivity (Wildman–Crippen MR) is 78.3 cm³/mol. The predicted octanol–water partition coefficient (Wildman–Crippen LogP) is 0.650. The SMILES string of the molecule is COC(=O)N1CCN(S(=O)(=O)c2c(C)cccc2N)CC1. The van der Waals surface area contributed by atoms with E-state index in [9.17, 15) is 13.2 Å². The molecule has 1 amide bonds. The van der Waals surface area contributed by atoms with E-state index in [2.05, 4.69) is 4.74 Å². The fourth-order valence-electron chi connectivity index (χ4n) is 2.40. The Labute approximate surface area is 124 Å². The number of amides is 1. The van der Waals surface area contributed by atoms with Gasteiger partial charge in [0.1, 0.15) is 4.90 Å². The molecule has 1 aliphatic rings. The van der Waals surface area contributed by atoms with Crippen molar-refractivity contribution in [1.82, 2.24) is 9.21 Å². The van der Waals surface area contributed by atoms with E-state index in [1.807, 2.05) is 0 Å². The molecule has 8 heteroatoms. The van der Waals surface area contributed by atoms with Crippen LogP contribution in [0.3, 0.4) is 0 Å². The van der Waals surface area contributed by atoms with E-state index in [0.717, 1.165) is 0 Å². The summed E-state index contributed by atoms with van der Waals surface area (Å²) in [6.07, 6.45) is -0.442. The van der Waals surface area contributed by atoms with Crippen LogP contribution in [0.25, 0.3) is 0 Å². The highest BCUT2D eigenvalue weighted by atomic mass is 32.2. The largest absolute Gasteiger partial charge is 0.453 e. The van der Waals surface area contributed by atoms with Crippen LogP contribution in [0.2, 0.25) is 0 Å². The second-order valence-corrected chi connectivity index (χ2v) is 6.73. The van der Waals surface area contributed by atoms with E-state index in [0.29, 0.717) is 18.7 Å². The summed E-state index contributed by atoms with van der Waals surface area (Å²) >= 11 is 0. The highest BCUT2D eigenvalue weighted by Gasteiger charge is 2.32. The quantitative estimate of drug-likeness (QED) is 0.809. The van der Waals surface area contributed by atoms with Gasteiger partial charge in [-0.1, -0.05) is 12.1 Å². The minimum absolute atomic E-state index is 0.150. The molecule has 7 nitrogen and oxygen atoms in total. The van der Waals surface area contributed by atoms with Crippen molar-refractivity contribution in [2.75, 3.05) is 39.0 Å². The first-order chi connectivity index (χ1) is 9.87. The molecule has 0 saturated carbocycles. The van der Waals surface area contributed by atoms with Gasteiger partial charge < -0.3 is 15.4 Å². The summed E-state index contributed by atoms with van der Waals surface area (Å²) in [6.45, 7) is 2.78. The minimum atomic E-state index is -3.65. The van der Waals surface area contributed by atoms with Crippen LogP contribution >= 0.6 is 0 Å². The molecule has 1 heterocycles. The number of hydrogen-bond acceptors (Lipinski definition) is 5. The zero-order chi connectivity index (χ0) is 15.6. The summed E-state index contributed by atoms with van der Waals surface area (Å²) in [5.74, 6) is 0. The molecule has 0 unspecified atom stereocenters. The fraction of sp³-hybridized carbons (Fsp3) is 0.462. The Morgan fingerprint density at radius 3 is 2.38 bits per heavy atom. The molecule has 1 aromatic rings. The number of nitrogen functional groups attached to an aromatic ring is 1. The van der Waals surface area contributed by atoms with E-state index in [4.69, 9.17) is 5.73 Å². The van der Waals surface area contributed by atoms with Gasteiger partial charge in [-0.2, -0.15) is 4.31 Å². The van der Waals surface area contributed by atoms with Crippen LogP contribution in [0.15, 0.2) is 23.1 Å². The standard InChI is InChI=1S/C13H19N3O4S/c1-10-4-3-5-11(14)12(10)21(18,19)16-8-6-15(7-9-16)13(17)20-2/h3-5H,6-9,14H2,1-2H3. The lowest BCUT2D eigenvalue weighted by atomic mass is 10.2. The van der Waals surface area contributed by atoms with E-state index in [1.54, 1.807) is 25.1 Å². The van der Waals surface area contributed by atoms with Crippen molar-refractivity contribution in [3.8, 4) is 0 Å². The molecular formula is C13H19N3O4S. The van der Waals surface area contributed by atoms with Gasteiger partial charge in [-0.25, -0.2) is 13.2 Å². The molecule has 1 aliphatic heterocycles. The lowest BCUT2D eigenvalue weighted by Crippen LogP contribution is -2.50. The number of nitrogens with zero attached hydrogens (tertiary/aromatic N) is 2. The topological polar surface area (TPSA) is 92.9 Å². The van der Waals surface area contributed by atoms with Gasteiger partial charge in [0.2, 0.25) is 10.0 Å². The Morgan fingerprint density at radius 1 is 1.24 bits per heavy atom. The number of rotatable bonds is 2. The Kier molecular flexibility index (Phi) is 4.38. The molecule has 116 valence electrons. The van der Waals surface area contributed by atoms with Crippen molar-refractivity contribution < 1.29 is 17.9 Å².